The van der Waals surface area contributed by atoms with Crippen molar-refractivity contribution in [2.75, 3.05) is 13.8 Å². The molecule has 0 aliphatic rings. The maximum Gasteiger partial charge on any atom is 0.119 e. The molecule has 80 valence electrons. The summed E-state index contributed by atoms with van der Waals surface area (Å²) in [5.74, 6) is 0.771. The van der Waals surface area contributed by atoms with Crippen molar-refractivity contribution < 1.29 is 9.13 Å². The van der Waals surface area contributed by atoms with Gasteiger partial charge in [0.25, 0.3) is 0 Å². The third-order valence-electron chi connectivity index (χ3n) is 2.04. The Bertz CT molecular complexity index is 293. The summed E-state index contributed by atoms with van der Waals surface area (Å²) < 4.78 is 17.3. The van der Waals surface area contributed by atoms with Crippen molar-refractivity contribution in [3.63, 3.8) is 0 Å². The molecule has 0 radical (unpaired) electrons. The second kappa shape index (κ2) is 5.83. The third kappa shape index (κ3) is 2.86. The first-order chi connectivity index (χ1) is 6.19. The highest BCUT2D eigenvalue weighted by Crippen LogP contribution is 2.21. The van der Waals surface area contributed by atoms with Crippen molar-refractivity contribution in [2.24, 2.45) is 5.73 Å². The van der Waals surface area contributed by atoms with Gasteiger partial charge in [0.2, 0.25) is 0 Å². The van der Waals surface area contributed by atoms with Gasteiger partial charge in [-0.2, -0.15) is 0 Å². The minimum absolute atomic E-state index is 0. The summed E-state index contributed by atoms with van der Waals surface area (Å²) in [7, 11) is 1.60. The molecule has 1 aromatic rings. The molecule has 0 aliphatic heterocycles. The van der Waals surface area contributed by atoms with Crippen LogP contribution in [-0.2, 0) is 0 Å². The quantitative estimate of drug-likeness (QED) is 0.848. The molecule has 0 amide bonds. The zero-order chi connectivity index (χ0) is 9.84. The van der Waals surface area contributed by atoms with E-state index in [1.54, 1.807) is 19.2 Å². The molecule has 1 rings (SSSR count). The summed E-state index contributed by atoms with van der Waals surface area (Å²) >= 11 is 0. The number of benzene rings is 1. The summed E-state index contributed by atoms with van der Waals surface area (Å²) in [5.41, 5.74) is 7.37. The van der Waals surface area contributed by atoms with Gasteiger partial charge in [-0.25, -0.2) is 4.39 Å². The molecule has 0 bridgehead atoms. The Morgan fingerprint density at radius 2 is 2.14 bits per heavy atom. The first-order valence-electron chi connectivity index (χ1n) is 4.15. The molecular weight excluding hydrogens is 205 g/mol. The van der Waals surface area contributed by atoms with Gasteiger partial charge in [0, 0.05) is 0 Å². The van der Waals surface area contributed by atoms with Crippen molar-refractivity contribution in [2.45, 2.75) is 13.0 Å². The Balaban J connectivity index is 0.00000169. The molecule has 0 aliphatic carbocycles. The van der Waals surface area contributed by atoms with Gasteiger partial charge in [-0.1, -0.05) is 6.07 Å². The Morgan fingerprint density at radius 1 is 1.50 bits per heavy atom. The standard InChI is InChI=1S/C10H14FNO.ClH/c1-7-5-8(13-2)3-4-9(7)10(12)6-11;/h3-5,10H,6,12H2,1-2H3;1H/t10-;/m0./s1. The highest BCUT2D eigenvalue weighted by molar-refractivity contribution is 5.85. The summed E-state index contributed by atoms with van der Waals surface area (Å²) in [6.07, 6.45) is 0. The average molecular weight is 220 g/mol. The van der Waals surface area contributed by atoms with E-state index in [-0.39, 0.29) is 12.4 Å². The van der Waals surface area contributed by atoms with Crippen molar-refractivity contribution in [3.05, 3.63) is 29.3 Å². The molecule has 2 nitrogen and oxygen atoms in total. The van der Waals surface area contributed by atoms with Crippen molar-refractivity contribution >= 4 is 12.4 Å². The van der Waals surface area contributed by atoms with Crippen LogP contribution in [-0.4, -0.2) is 13.8 Å². The van der Waals surface area contributed by atoms with Gasteiger partial charge in [0.15, 0.2) is 0 Å². The molecule has 4 heteroatoms. The van der Waals surface area contributed by atoms with Crippen LogP contribution >= 0.6 is 12.4 Å². The largest absolute Gasteiger partial charge is 0.497 e. The fourth-order valence-corrected chi connectivity index (χ4v) is 1.27. The smallest absolute Gasteiger partial charge is 0.119 e. The van der Waals surface area contributed by atoms with Crippen LogP contribution in [0.5, 0.6) is 5.75 Å². The van der Waals surface area contributed by atoms with E-state index < -0.39 is 12.7 Å². The topological polar surface area (TPSA) is 35.2 Å². The van der Waals surface area contributed by atoms with E-state index in [4.69, 9.17) is 10.5 Å². The SMILES string of the molecule is COc1ccc([C@@H](N)CF)c(C)c1.Cl. The van der Waals surface area contributed by atoms with E-state index in [0.29, 0.717) is 0 Å². The monoisotopic (exact) mass is 219 g/mol. The number of hydrogen-bond acceptors (Lipinski definition) is 2. The summed E-state index contributed by atoms with van der Waals surface area (Å²) in [4.78, 5) is 0. The second-order valence-corrected chi connectivity index (χ2v) is 2.98. The maximum absolute atomic E-state index is 12.3. The predicted octanol–water partition coefficient (Wildman–Crippen LogP) is 2.39. The average Bonchev–Trinajstić information content (AvgIpc) is 2.16. The molecule has 1 aromatic carbocycles. The first-order valence-corrected chi connectivity index (χ1v) is 4.15. The van der Waals surface area contributed by atoms with Gasteiger partial charge < -0.3 is 10.5 Å². The van der Waals surface area contributed by atoms with E-state index >= 15 is 0 Å². The molecule has 14 heavy (non-hydrogen) atoms. The van der Waals surface area contributed by atoms with E-state index in [1.807, 2.05) is 13.0 Å². The molecule has 0 unspecified atom stereocenters. The van der Waals surface area contributed by atoms with Gasteiger partial charge in [-0.15, -0.1) is 12.4 Å². The number of rotatable bonds is 3. The van der Waals surface area contributed by atoms with E-state index in [1.165, 1.54) is 0 Å². The Labute approximate surface area is 89.7 Å². The van der Waals surface area contributed by atoms with Crippen molar-refractivity contribution in [1.82, 2.24) is 0 Å². The minimum Gasteiger partial charge on any atom is -0.497 e. The zero-order valence-corrected chi connectivity index (χ0v) is 9.10. The lowest BCUT2D eigenvalue weighted by molar-refractivity contribution is 0.412. The van der Waals surface area contributed by atoms with Gasteiger partial charge in [-0.3, -0.25) is 0 Å². The molecule has 0 saturated heterocycles. The van der Waals surface area contributed by atoms with Gasteiger partial charge in [0.05, 0.1) is 13.2 Å². The Hall–Kier alpha value is -0.800. The van der Waals surface area contributed by atoms with Crippen molar-refractivity contribution in [1.29, 1.82) is 0 Å². The molecule has 0 saturated carbocycles. The van der Waals surface area contributed by atoms with Crippen LogP contribution in [0.25, 0.3) is 0 Å². The van der Waals surface area contributed by atoms with Crippen LogP contribution < -0.4 is 10.5 Å². The summed E-state index contributed by atoms with van der Waals surface area (Å²) in [6.45, 7) is 1.36. The van der Waals surface area contributed by atoms with Gasteiger partial charge in [-0.05, 0) is 30.2 Å². The zero-order valence-electron chi connectivity index (χ0n) is 8.29. The molecule has 1 atom stereocenters. The minimum atomic E-state index is -0.535. The highest BCUT2D eigenvalue weighted by Gasteiger charge is 2.08. The normalized spacial score (nSPS) is 11.7. The number of ether oxygens (including phenoxy) is 1. The van der Waals surface area contributed by atoms with E-state index in [0.717, 1.165) is 16.9 Å². The van der Waals surface area contributed by atoms with Crippen LogP contribution in [0, 0.1) is 6.92 Å². The molecule has 2 N–H and O–H groups in total. The number of methoxy groups -OCH3 is 1. The fraction of sp³-hybridized carbons (Fsp3) is 0.400. The van der Waals surface area contributed by atoms with Crippen LogP contribution in [0.15, 0.2) is 18.2 Å². The maximum atomic E-state index is 12.3. The molecule has 0 heterocycles. The molecule has 0 spiro atoms. The number of halogens is 2. The van der Waals surface area contributed by atoms with E-state index in [2.05, 4.69) is 0 Å². The van der Waals surface area contributed by atoms with Crippen molar-refractivity contribution in [3.8, 4) is 5.75 Å². The lowest BCUT2D eigenvalue weighted by Crippen LogP contribution is -2.13. The Morgan fingerprint density at radius 3 is 2.57 bits per heavy atom. The second-order valence-electron chi connectivity index (χ2n) is 2.98. The molecule has 0 fully saturated rings. The third-order valence-corrected chi connectivity index (χ3v) is 2.04. The molecular formula is C10H15ClFNO. The molecule has 0 aromatic heterocycles. The number of aryl methyl sites for hydroxylation is 1. The summed E-state index contributed by atoms with van der Waals surface area (Å²) in [5, 5.41) is 0. The lowest BCUT2D eigenvalue weighted by Gasteiger charge is -2.11. The van der Waals surface area contributed by atoms with Gasteiger partial charge in [0.1, 0.15) is 12.4 Å². The number of nitrogens with two attached hydrogens (primary N) is 1. The van der Waals surface area contributed by atoms with Crippen LogP contribution in [0.3, 0.4) is 0 Å². The fourth-order valence-electron chi connectivity index (χ4n) is 1.27. The summed E-state index contributed by atoms with van der Waals surface area (Å²) in [6, 6.07) is 4.92. The van der Waals surface area contributed by atoms with Crippen LogP contribution in [0.1, 0.15) is 17.2 Å². The lowest BCUT2D eigenvalue weighted by atomic mass is 10.0. The van der Waals surface area contributed by atoms with Crippen LogP contribution in [0.2, 0.25) is 0 Å². The highest BCUT2D eigenvalue weighted by atomic mass is 35.5. The van der Waals surface area contributed by atoms with Gasteiger partial charge >= 0.3 is 0 Å². The predicted molar refractivity (Wildman–Crippen MR) is 57.9 cm³/mol. The van der Waals surface area contributed by atoms with Crippen LogP contribution in [0.4, 0.5) is 4.39 Å². The Kier molecular flexibility index (Phi) is 5.50. The van der Waals surface area contributed by atoms with E-state index in [9.17, 15) is 4.39 Å². The first kappa shape index (κ1) is 13.2. The number of alkyl halides is 1. The number of hydrogen-bond donors (Lipinski definition) is 1.